The quantitative estimate of drug-likeness (QED) is 0.241. The summed E-state index contributed by atoms with van der Waals surface area (Å²) < 4.78 is 0. The zero-order valence-electron chi connectivity index (χ0n) is 15.3. The van der Waals surface area contributed by atoms with Crippen molar-refractivity contribution in [3.05, 3.63) is 70.8 Å². The topological polar surface area (TPSA) is 134 Å². The van der Waals surface area contributed by atoms with E-state index in [1.54, 1.807) is 30.3 Å². The van der Waals surface area contributed by atoms with Crippen molar-refractivity contribution in [2.45, 2.75) is 0 Å². The first-order valence-corrected chi connectivity index (χ1v) is 8.94. The molecule has 0 aliphatic carbocycles. The number of carbonyl (C=O) groups excluding carboxylic acids is 1. The molecule has 3 aromatic rings. The summed E-state index contributed by atoms with van der Waals surface area (Å²) in [5.41, 5.74) is 1.29. The number of halogens is 1. The number of nitrogens with one attached hydrogen (secondary N) is 1. The fourth-order valence-electron chi connectivity index (χ4n) is 2.70. The van der Waals surface area contributed by atoms with Crippen LogP contribution in [0.4, 0.5) is 5.69 Å². The third-order valence-electron chi connectivity index (χ3n) is 4.21. The Morgan fingerprint density at radius 3 is 2.43 bits per heavy atom. The standard InChI is InChI=1S/C22H15ClN2O5/c23-17-6-5-16(20(28)21(17)29)13-2-1-3-15(10-13)25-22(30)14(11-24)8-12-4-7-18(26)19(27)9-12/h1-10,26-29H,(H,25,30)/b14-8+. The Balaban J connectivity index is 1.87. The zero-order chi connectivity index (χ0) is 21.8. The summed E-state index contributed by atoms with van der Waals surface area (Å²) in [5.74, 6) is -2.22. The number of nitrogens with zero attached hydrogens (tertiary/aromatic N) is 1. The number of hydrogen-bond acceptors (Lipinski definition) is 6. The van der Waals surface area contributed by atoms with Crippen molar-refractivity contribution in [3.63, 3.8) is 0 Å². The van der Waals surface area contributed by atoms with Gasteiger partial charge in [0, 0.05) is 11.3 Å². The second-order valence-corrected chi connectivity index (χ2v) is 6.65. The van der Waals surface area contributed by atoms with Crippen LogP contribution in [0.25, 0.3) is 17.2 Å². The molecule has 1 amide bonds. The smallest absolute Gasteiger partial charge is 0.266 e. The highest BCUT2D eigenvalue weighted by Crippen LogP contribution is 2.41. The lowest BCUT2D eigenvalue weighted by molar-refractivity contribution is -0.112. The van der Waals surface area contributed by atoms with E-state index < -0.39 is 17.4 Å². The highest BCUT2D eigenvalue weighted by atomic mass is 35.5. The van der Waals surface area contributed by atoms with Gasteiger partial charge in [0.25, 0.3) is 5.91 Å². The van der Waals surface area contributed by atoms with Crippen molar-refractivity contribution < 1.29 is 25.2 Å². The molecule has 30 heavy (non-hydrogen) atoms. The molecule has 8 heteroatoms. The number of phenolic OH excluding ortho intramolecular Hbond substituents is 4. The number of anilines is 1. The van der Waals surface area contributed by atoms with Crippen LogP contribution < -0.4 is 5.32 Å². The second-order valence-electron chi connectivity index (χ2n) is 6.25. The van der Waals surface area contributed by atoms with Gasteiger partial charge in [-0.15, -0.1) is 0 Å². The SMILES string of the molecule is N#C/C(=C\c1ccc(O)c(O)c1)C(=O)Nc1cccc(-c2ccc(Cl)c(O)c2O)c1. The molecule has 0 saturated heterocycles. The van der Waals surface area contributed by atoms with Gasteiger partial charge < -0.3 is 25.7 Å². The Morgan fingerprint density at radius 2 is 1.73 bits per heavy atom. The maximum Gasteiger partial charge on any atom is 0.266 e. The first-order valence-electron chi connectivity index (χ1n) is 8.56. The molecule has 0 radical (unpaired) electrons. The van der Waals surface area contributed by atoms with Gasteiger partial charge in [-0.1, -0.05) is 29.8 Å². The van der Waals surface area contributed by atoms with Gasteiger partial charge in [0.15, 0.2) is 23.0 Å². The summed E-state index contributed by atoms with van der Waals surface area (Å²) in [6, 6.07) is 15.1. The summed E-state index contributed by atoms with van der Waals surface area (Å²) in [6.07, 6.45) is 1.27. The maximum absolute atomic E-state index is 12.5. The summed E-state index contributed by atoms with van der Waals surface area (Å²) in [6.45, 7) is 0. The Morgan fingerprint density at radius 1 is 0.967 bits per heavy atom. The minimum absolute atomic E-state index is 0.00442. The number of phenols is 4. The summed E-state index contributed by atoms with van der Waals surface area (Å²) >= 11 is 5.78. The maximum atomic E-state index is 12.5. The summed E-state index contributed by atoms with van der Waals surface area (Å²) in [7, 11) is 0. The number of rotatable bonds is 4. The normalized spacial score (nSPS) is 11.0. The Hall–Kier alpha value is -4.15. The average molecular weight is 423 g/mol. The lowest BCUT2D eigenvalue weighted by Gasteiger charge is -2.10. The molecule has 0 bridgehead atoms. The van der Waals surface area contributed by atoms with E-state index in [0.29, 0.717) is 22.4 Å². The van der Waals surface area contributed by atoms with Crippen LogP contribution in [0.5, 0.6) is 23.0 Å². The largest absolute Gasteiger partial charge is 0.504 e. The third kappa shape index (κ3) is 4.29. The van der Waals surface area contributed by atoms with E-state index in [1.165, 1.54) is 36.4 Å². The number of benzene rings is 3. The summed E-state index contributed by atoms with van der Waals surface area (Å²) in [4.78, 5) is 12.5. The molecular weight excluding hydrogens is 408 g/mol. The number of aromatic hydroxyl groups is 4. The number of carbonyl (C=O) groups is 1. The van der Waals surface area contributed by atoms with Crippen molar-refractivity contribution in [3.8, 4) is 40.2 Å². The van der Waals surface area contributed by atoms with E-state index in [-0.39, 0.29) is 22.1 Å². The van der Waals surface area contributed by atoms with Crippen molar-refractivity contribution >= 4 is 29.3 Å². The fourth-order valence-corrected chi connectivity index (χ4v) is 2.85. The third-order valence-corrected chi connectivity index (χ3v) is 4.51. The van der Waals surface area contributed by atoms with Crippen molar-refractivity contribution in [1.82, 2.24) is 0 Å². The minimum Gasteiger partial charge on any atom is -0.504 e. The predicted molar refractivity (Wildman–Crippen MR) is 112 cm³/mol. The molecule has 0 fully saturated rings. The van der Waals surface area contributed by atoms with Crippen molar-refractivity contribution in [2.75, 3.05) is 5.32 Å². The van der Waals surface area contributed by atoms with E-state index in [1.807, 2.05) is 0 Å². The van der Waals surface area contributed by atoms with Crippen molar-refractivity contribution in [2.24, 2.45) is 0 Å². The molecule has 150 valence electrons. The van der Waals surface area contributed by atoms with Gasteiger partial charge in [0.05, 0.1) is 5.02 Å². The van der Waals surface area contributed by atoms with Gasteiger partial charge >= 0.3 is 0 Å². The molecule has 0 aromatic heterocycles. The molecule has 3 rings (SSSR count). The number of amides is 1. The van der Waals surface area contributed by atoms with Gasteiger partial charge in [0.2, 0.25) is 0 Å². The van der Waals surface area contributed by atoms with Gasteiger partial charge in [-0.25, -0.2) is 0 Å². The lowest BCUT2D eigenvalue weighted by Crippen LogP contribution is -2.13. The van der Waals surface area contributed by atoms with Crippen LogP contribution >= 0.6 is 11.6 Å². The van der Waals surface area contributed by atoms with Gasteiger partial charge in [-0.05, 0) is 53.6 Å². The van der Waals surface area contributed by atoms with Crippen LogP contribution in [0.2, 0.25) is 5.02 Å². The van der Waals surface area contributed by atoms with Crippen LogP contribution in [0, 0.1) is 11.3 Å². The molecule has 0 unspecified atom stereocenters. The van der Waals surface area contributed by atoms with Crippen LogP contribution in [-0.4, -0.2) is 26.3 Å². The minimum atomic E-state index is -0.689. The monoisotopic (exact) mass is 422 g/mol. The molecule has 0 aliphatic heterocycles. The van der Waals surface area contributed by atoms with Gasteiger partial charge in [0.1, 0.15) is 11.6 Å². The van der Waals surface area contributed by atoms with Crippen LogP contribution in [0.15, 0.2) is 60.2 Å². The molecule has 0 spiro atoms. The van der Waals surface area contributed by atoms with Crippen LogP contribution in [0.3, 0.4) is 0 Å². The molecule has 5 N–H and O–H groups in total. The zero-order valence-corrected chi connectivity index (χ0v) is 16.1. The van der Waals surface area contributed by atoms with E-state index in [2.05, 4.69) is 5.32 Å². The molecule has 0 saturated carbocycles. The van der Waals surface area contributed by atoms with Crippen molar-refractivity contribution in [1.29, 1.82) is 5.26 Å². The number of nitriles is 1. The van der Waals surface area contributed by atoms with E-state index in [0.717, 1.165) is 0 Å². The highest BCUT2D eigenvalue weighted by molar-refractivity contribution is 6.32. The average Bonchev–Trinajstić information content (AvgIpc) is 2.73. The second kappa shape index (κ2) is 8.47. The Labute approximate surface area is 176 Å². The molecule has 0 atom stereocenters. The predicted octanol–water partition coefficient (Wildman–Crippen LogP) is 4.38. The molecular formula is C22H15ClN2O5. The fraction of sp³-hybridized carbons (Fsp3) is 0. The Bertz CT molecular complexity index is 1210. The van der Waals surface area contributed by atoms with E-state index >= 15 is 0 Å². The van der Waals surface area contributed by atoms with Gasteiger partial charge in [-0.3, -0.25) is 4.79 Å². The molecule has 3 aromatic carbocycles. The Kier molecular flexibility index (Phi) is 5.81. The lowest BCUT2D eigenvalue weighted by atomic mass is 10.0. The first kappa shape index (κ1) is 20.6. The molecule has 0 aliphatic rings. The summed E-state index contributed by atoms with van der Waals surface area (Å²) in [5, 5.41) is 50.8. The molecule has 0 heterocycles. The number of hydrogen-bond donors (Lipinski definition) is 5. The van der Waals surface area contributed by atoms with Crippen LogP contribution in [-0.2, 0) is 4.79 Å². The molecule has 7 nitrogen and oxygen atoms in total. The van der Waals surface area contributed by atoms with E-state index in [4.69, 9.17) is 11.6 Å². The first-order chi connectivity index (χ1) is 14.3. The van der Waals surface area contributed by atoms with Crippen LogP contribution in [0.1, 0.15) is 5.56 Å². The highest BCUT2D eigenvalue weighted by Gasteiger charge is 2.14. The van der Waals surface area contributed by atoms with E-state index in [9.17, 15) is 30.5 Å². The van der Waals surface area contributed by atoms with Gasteiger partial charge in [-0.2, -0.15) is 5.26 Å².